The molecule has 2 aromatic rings. The molecule has 5 heteroatoms. The number of amides is 1. The first-order valence-electron chi connectivity index (χ1n) is 6.92. The molecule has 1 aliphatic rings. The molecule has 2 heterocycles. The highest BCUT2D eigenvalue weighted by Crippen LogP contribution is 2.32. The van der Waals surface area contributed by atoms with Crippen LogP contribution in [0, 0.1) is 5.92 Å². The van der Waals surface area contributed by atoms with E-state index < -0.39 is 0 Å². The predicted molar refractivity (Wildman–Crippen MR) is 85.3 cm³/mol. The molecule has 0 spiro atoms. The maximum Gasteiger partial charge on any atom is 0.227 e. The van der Waals surface area contributed by atoms with Crippen molar-refractivity contribution in [2.75, 3.05) is 17.2 Å². The standard InChI is InChI=1S/C16H16N2O2S/c1-11(19)21-10-12-8-16(20)18(9-12)15-6-2-5-14-13(15)4-3-7-17-14/h2-7,12H,8-10H2,1H3. The number of nitrogens with zero attached hydrogens (tertiary/aromatic N) is 2. The Bertz CT molecular complexity index is 696. The van der Waals surface area contributed by atoms with Gasteiger partial charge in [0, 0.05) is 37.2 Å². The third kappa shape index (κ3) is 2.93. The minimum absolute atomic E-state index is 0.107. The molecule has 1 unspecified atom stereocenters. The third-order valence-corrected chi connectivity index (χ3v) is 4.69. The van der Waals surface area contributed by atoms with Crippen molar-refractivity contribution in [2.24, 2.45) is 5.92 Å². The Morgan fingerprint density at radius 3 is 3.05 bits per heavy atom. The Morgan fingerprint density at radius 1 is 1.38 bits per heavy atom. The van der Waals surface area contributed by atoms with Crippen molar-refractivity contribution in [3.05, 3.63) is 36.5 Å². The summed E-state index contributed by atoms with van der Waals surface area (Å²) in [7, 11) is 0. The van der Waals surface area contributed by atoms with Gasteiger partial charge in [0.2, 0.25) is 5.91 Å². The van der Waals surface area contributed by atoms with E-state index in [9.17, 15) is 9.59 Å². The van der Waals surface area contributed by atoms with Crippen LogP contribution in [-0.4, -0.2) is 28.3 Å². The van der Waals surface area contributed by atoms with Gasteiger partial charge in [-0.25, -0.2) is 0 Å². The highest BCUT2D eigenvalue weighted by Gasteiger charge is 2.31. The molecular formula is C16H16N2O2S. The lowest BCUT2D eigenvalue weighted by Crippen LogP contribution is -2.25. The minimum Gasteiger partial charge on any atom is -0.311 e. The van der Waals surface area contributed by atoms with Crippen LogP contribution in [0.1, 0.15) is 13.3 Å². The topological polar surface area (TPSA) is 50.3 Å². The van der Waals surface area contributed by atoms with Gasteiger partial charge in [-0.2, -0.15) is 0 Å². The van der Waals surface area contributed by atoms with E-state index in [1.165, 1.54) is 11.8 Å². The first-order chi connectivity index (χ1) is 10.1. The lowest BCUT2D eigenvalue weighted by molar-refractivity contribution is -0.117. The van der Waals surface area contributed by atoms with Gasteiger partial charge in [-0.1, -0.05) is 17.8 Å². The Labute approximate surface area is 127 Å². The van der Waals surface area contributed by atoms with Crippen molar-refractivity contribution >= 4 is 39.4 Å². The zero-order valence-corrected chi connectivity index (χ0v) is 12.6. The van der Waals surface area contributed by atoms with E-state index in [4.69, 9.17) is 0 Å². The first kappa shape index (κ1) is 14.1. The molecule has 1 atom stereocenters. The summed E-state index contributed by atoms with van der Waals surface area (Å²) < 4.78 is 0. The molecule has 0 bridgehead atoms. The number of carbonyl (C=O) groups excluding carboxylic acids is 2. The maximum absolute atomic E-state index is 12.3. The molecule has 1 aromatic heterocycles. The second-order valence-electron chi connectivity index (χ2n) is 5.22. The lowest BCUT2D eigenvalue weighted by Gasteiger charge is -2.18. The van der Waals surface area contributed by atoms with Gasteiger partial charge >= 0.3 is 0 Å². The molecule has 3 rings (SSSR count). The molecule has 0 radical (unpaired) electrons. The third-order valence-electron chi connectivity index (χ3n) is 3.64. The van der Waals surface area contributed by atoms with E-state index in [0.29, 0.717) is 18.7 Å². The fourth-order valence-electron chi connectivity index (χ4n) is 2.68. The number of rotatable bonds is 3. The minimum atomic E-state index is 0.107. The smallest absolute Gasteiger partial charge is 0.227 e. The second-order valence-corrected chi connectivity index (χ2v) is 6.42. The van der Waals surface area contributed by atoms with Crippen LogP contribution in [0.5, 0.6) is 0 Å². The SMILES string of the molecule is CC(=O)SCC1CC(=O)N(c2cccc3ncccc23)C1. The average molecular weight is 300 g/mol. The fraction of sp³-hybridized carbons (Fsp3) is 0.312. The molecule has 21 heavy (non-hydrogen) atoms. The predicted octanol–water partition coefficient (Wildman–Crippen LogP) is 2.87. The number of hydrogen-bond donors (Lipinski definition) is 0. The number of pyridine rings is 1. The van der Waals surface area contributed by atoms with Crippen LogP contribution < -0.4 is 4.90 Å². The summed E-state index contributed by atoms with van der Waals surface area (Å²) in [6.45, 7) is 2.24. The van der Waals surface area contributed by atoms with Gasteiger partial charge in [0.25, 0.3) is 0 Å². The van der Waals surface area contributed by atoms with Crippen LogP contribution in [0.15, 0.2) is 36.5 Å². The quantitative estimate of drug-likeness (QED) is 0.874. The molecule has 4 nitrogen and oxygen atoms in total. The number of aromatic nitrogens is 1. The van der Waals surface area contributed by atoms with Crippen LogP contribution in [0.25, 0.3) is 10.9 Å². The Balaban J connectivity index is 1.86. The first-order valence-corrected chi connectivity index (χ1v) is 7.91. The summed E-state index contributed by atoms with van der Waals surface area (Å²) in [6, 6.07) is 9.71. The van der Waals surface area contributed by atoms with Gasteiger partial charge in [-0.15, -0.1) is 0 Å². The Kier molecular flexibility index (Phi) is 3.92. The number of benzene rings is 1. The van der Waals surface area contributed by atoms with Gasteiger partial charge in [-0.05, 0) is 30.2 Å². The molecule has 1 amide bonds. The zero-order chi connectivity index (χ0) is 14.8. The van der Waals surface area contributed by atoms with Crippen LogP contribution in [0.2, 0.25) is 0 Å². The normalized spacial score (nSPS) is 18.4. The van der Waals surface area contributed by atoms with Crippen LogP contribution in [0.3, 0.4) is 0 Å². The molecular weight excluding hydrogens is 284 g/mol. The van der Waals surface area contributed by atoms with Gasteiger partial charge in [0.05, 0.1) is 11.2 Å². The second kappa shape index (κ2) is 5.85. The molecule has 108 valence electrons. The average Bonchev–Trinajstić information content (AvgIpc) is 2.85. The van der Waals surface area contributed by atoms with E-state index >= 15 is 0 Å². The van der Waals surface area contributed by atoms with Crippen molar-refractivity contribution in [2.45, 2.75) is 13.3 Å². The monoisotopic (exact) mass is 300 g/mol. The lowest BCUT2D eigenvalue weighted by atomic mass is 10.1. The van der Waals surface area contributed by atoms with E-state index in [2.05, 4.69) is 4.98 Å². The van der Waals surface area contributed by atoms with E-state index in [1.807, 2.05) is 35.2 Å². The van der Waals surface area contributed by atoms with Crippen molar-refractivity contribution in [3.63, 3.8) is 0 Å². The van der Waals surface area contributed by atoms with Gasteiger partial charge in [-0.3, -0.25) is 14.6 Å². The summed E-state index contributed by atoms with van der Waals surface area (Å²) in [5, 5.41) is 1.10. The highest BCUT2D eigenvalue weighted by atomic mass is 32.2. The summed E-state index contributed by atoms with van der Waals surface area (Å²) in [4.78, 5) is 29.5. The molecule has 0 N–H and O–H groups in total. The number of carbonyl (C=O) groups is 2. The van der Waals surface area contributed by atoms with Crippen molar-refractivity contribution in [1.82, 2.24) is 4.98 Å². The summed E-state index contributed by atoms with van der Waals surface area (Å²) >= 11 is 1.30. The van der Waals surface area contributed by atoms with Crippen LogP contribution >= 0.6 is 11.8 Å². The maximum atomic E-state index is 12.3. The molecule has 1 aromatic carbocycles. The molecule has 1 saturated heterocycles. The largest absolute Gasteiger partial charge is 0.311 e. The molecule has 1 fully saturated rings. The van der Waals surface area contributed by atoms with E-state index in [-0.39, 0.29) is 16.9 Å². The van der Waals surface area contributed by atoms with E-state index in [0.717, 1.165) is 16.6 Å². The number of fused-ring (bicyclic) bond motifs is 1. The van der Waals surface area contributed by atoms with Crippen molar-refractivity contribution in [3.8, 4) is 0 Å². The zero-order valence-electron chi connectivity index (χ0n) is 11.8. The summed E-state index contributed by atoms with van der Waals surface area (Å²) in [5.74, 6) is 1.07. The van der Waals surface area contributed by atoms with E-state index in [1.54, 1.807) is 13.1 Å². The summed E-state index contributed by atoms with van der Waals surface area (Å²) in [5.41, 5.74) is 1.81. The Morgan fingerprint density at radius 2 is 2.24 bits per heavy atom. The van der Waals surface area contributed by atoms with Crippen molar-refractivity contribution < 1.29 is 9.59 Å². The van der Waals surface area contributed by atoms with Crippen LogP contribution in [-0.2, 0) is 9.59 Å². The number of hydrogen-bond acceptors (Lipinski definition) is 4. The van der Waals surface area contributed by atoms with Gasteiger partial charge in [0.15, 0.2) is 5.12 Å². The van der Waals surface area contributed by atoms with Crippen molar-refractivity contribution in [1.29, 1.82) is 0 Å². The Hall–Kier alpha value is -1.88. The number of thioether (sulfide) groups is 1. The van der Waals surface area contributed by atoms with Gasteiger partial charge in [0.1, 0.15) is 0 Å². The fourth-order valence-corrected chi connectivity index (χ4v) is 3.38. The molecule has 0 aliphatic carbocycles. The summed E-state index contributed by atoms with van der Waals surface area (Å²) in [6.07, 6.45) is 2.27. The van der Waals surface area contributed by atoms with Crippen LogP contribution in [0.4, 0.5) is 5.69 Å². The molecule has 0 saturated carbocycles. The highest BCUT2D eigenvalue weighted by molar-refractivity contribution is 8.13. The molecule has 1 aliphatic heterocycles. The van der Waals surface area contributed by atoms with Gasteiger partial charge < -0.3 is 4.90 Å². The number of anilines is 1.